The number of aryl methyl sites for hydroxylation is 1. The number of rotatable bonds is 4. The van der Waals surface area contributed by atoms with E-state index in [1.807, 2.05) is 42.2 Å². The number of pyridine rings is 1. The van der Waals surface area contributed by atoms with Crippen LogP contribution in [0.25, 0.3) is 5.69 Å². The molecule has 0 radical (unpaired) electrons. The summed E-state index contributed by atoms with van der Waals surface area (Å²) in [5.41, 5.74) is 5.55. The topological polar surface area (TPSA) is 33.1 Å². The van der Waals surface area contributed by atoms with Crippen LogP contribution in [0.4, 0.5) is 10.1 Å². The van der Waals surface area contributed by atoms with Crippen LogP contribution in [-0.4, -0.2) is 14.7 Å². The summed E-state index contributed by atoms with van der Waals surface area (Å²) in [6.07, 6.45) is 1.77. The molecule has 0 unspecified atom stereocenters. The minimum absolute atomic E-state index is 0.206. The van der Waals surface area contributed by atoms with E-state index in [9.17, 15) is 4.39 Å². The number of thiocarbonyl (C=S) groups is 1. The first-order valence-corrected chi connectivity index (χ1v) is 11.9. The Morgan fingerprint density at radius 3 is 2.47 bits per heavy atom. The normalized spacial score (nSPS) is 17.8. The summed E-state index contributed by atoms with van der Waals surface area (Å²) in [4.78, 5) is 6.63. The van der Waals surface area contributed by atoms with E-state index in [0.29, 0.717) is 15.2 Å². The number of aromatic nitrogens is 2. The highest BCUT2D eigenvalue weighted by molar-refractivity contribution is 7.80. The monoisotopic (exact) mass is 510 g/mol. The molecule has 0 aliphatic carbocycles. The molecule has 4 aromatic rings. The number of hydrogen-bond acceptors (Lipinski definition) is 2. The molecule has 8 heteroatoms. The number of nitrogens with one attached hydrogen (secondary N) is 1. The lowest BCUT2D eigenvalue weighted by Gasteiger charge is -2.28. The van der Waals surface area contributed by atoms with Crippen molar-refractivity contribution in [3.63, 3.8) is 0 Å². The molecule has 5 rings (SSSR count). The summed E-state index contributed by atoms with van der Waals surface area (Å²) in [5, 5.41) is 4.99. The fourth-order valence-electron chi connectivity index (χ4n) is 4.67. The van der Waals surface area contributed by atoms with Crippen molar-refractivity contribution in [2.45, 2.75) is 25.9 Å². The molecule has 2 atom stereocenters. The molecular weight excluding hydrogens is 490 g/mol. The van der Waals surface area contributed by atoms with E-state index in [-0.39, 0.29) is 17.9 Å². The van der Waals surface area contributed by atoms with Gasteiger partial charge in [-0.3, -0.25) is 4.98 Å². The zero-order valence-electron chi connectivity index (χ0n) is 18.5. The van der Waals surface area contributed by atoms with E-state index in [4.69, 9.17) is 35.4 Å². The van der Waals surface area contributed by atoms with Gasteiger partial charge in [-0.15, -0.1) is 0 Å². The minimum Gasteiger partial charge on any atom is -0.351 e. The van der Waals surface area contributed by atoms with Gasteiger partial charge in [0.05, 0.1) is 33.5 Å². The number of benzene rings is 2. The maximum absolute atomic E-state index is 13.7. The molecule has 1 fully saturated rings. The van der Waals surface area contributed by atoms with Crippen molar-refractivity contribution in [3.8, 4) is 5.69 Å². The maximum atomic E-state index is 13.7. The van der Waals surface area contributed by atoms with E-state index in [0.717, 1.165) is 34.0 Å². The lowest BCUT2D eigenvalue weighted by molar-refractivity contribution is 0.565. The van der Waals surface area contributed by atoms with Crippen LogP contribution in [0.3, 0.4) is 0 Å². The van der Waals surface area contributed by atoms with Gasteiger partial charge in [0.2, 0.25) is 0 Å². The van der Waals surface area contributed by atoms with E-state index < -0.39 is 0 Å². The molecular formula is C26H21Cl2FN4S. The Morgan fingerprint density at radius 1 is 1.00 bits per heavy atom. The second-order valence-electron chi connectivity index (χ2n) is 8.21. The second-order valence-corrected chi connectivity index (χ2v) is 9.38. The molecule has 2 aromatic heterocycles. The van der Waals surface area contributed by atoms with Crippen LogP contribution in [0.2, 0.25) is 10.0 Å². The first kappa shape index (κ1) is 22.8. The Labute approximate surface area is 213 Å². The molecule has 1 aliphatic rings. The van der Waals surface area contributed by atoms with Gasteiger partial charge in [0.15, 0.2) is 5.11 Å². The SMILES string of the molecule is Cc1cc([C@@H]2[C@@H](c3ccccn3)NC(=S)N2c2ccc(F)cc2)c(C)n1-c1cccc(Cl)c1Cl. The lowest BCUT2D eigenvalue weighted by Crippen LogP contribution is -2.29. The van der Waals surface area contributed by atoms with Crippen LogP contribution in [0.5, 0.6) is 0 Å². The first-order chi connectivity index (χ1) is 16.4. The van der Waals surface area contributed by atoms with Crippen molar-refractivity contribution in [1.29, 1.82) is 0 Å². The van der Waals surface area contributed by atoms with Crippen molar-refractivity contribution < 1.29 is 4.39 Å². The Hall–Kier alpha value is -2.93. The van der Waals surface area contributed by atoms with Crippen LogP contribution < -0.4 is 10.2 Å². The molecule has 0 spiro atoms. The molecule has 1 saturated heterocycles. The van der Waals surface area contributed by atoms with Crippen molar-refractivity contribution in [2.24, 2.45) is 0 Å². The lowest BCUT2D eigenvalue weighted by atomic mass is 9.96. The van der Waals surface area contributed by atoms with Gasteiger partial charge in [-0.25, -0.2) is 4.39 Å². The van der Waals surface area contributed by atoms with Crippen molar-refractivity contribution in [2.75, 3.05) is 4.90 Å². The second kappa shape index (κ2) is 9.02. The number of hydrogen-bond donors (Lipinski definition) is 1. The summed E-state index contributed by atoms with van der Waals surface area (Å²) in [6, 6.07) is 19.5. The van der Waals surface area contributed by atoms with Crippen LogP contribution in [-0.2, 0) is 0 Å². The quantitative estimate of drug-likeness (QED) is 0.296. The number of anilines is 1. The molecule has 1 aliphatic heterocycles. The van der Waals surface area contributed by atoms with Crippen LogP contribution in [0, 0.1) is 19.7 Å². The largest absolute Gasteiger partial charge is 0.351 e. The molecule has 3 heterocycles. The first-order valence-electron chi connectivity index (χ1n) is 10.8. The highest BCUT2D eigenvalue weighted by atomic mass is 35.5. The molecule has 1 N–H and O–H groups in total. The molecule has 34 heavy (non-hydrogen) atoms. The summed E-state index contributed by atoms with van der Waals surface area (Å²) in [7, 11) is 0. The third-order valence-corrected chi connectivity index (χ3v) is 7.29. The standard InChI is InChI=1S/C26H21Cl2FN4S/c1-15-14-19(16(2)32(15)22-8-5-6-20(27)23(22)28)25-24(21-7-3-4-13-30-21)31-26(34)33(25)18-11-9-17(29)10-12-18/h3-14,24-25H,1-2H3,(H,31,34)/t24-,25-/m1/s1. The number of nitrogens with zero attached hydrogens (tertiary/aromatic N) is 3. The van der Waals surface area contributed by atoms with Crippen LogP contribution >= 0.6 is 35.4 Å². The average molecular weight is 511 g/mol. The molecule has 172 valence electrons. The van der Waals surface area contributed by atoms with E-state index in [1.165, 1.54) is 12.1 Å². The van der Waals surface area contributed by atoms with E-state index >= 15 is 0 Å². The van der Waals surface area contributed by atoms with Gasteiger partial charge < -0.3 is 14.8 Å². The predicted molar refractivity (Wildman–Crippen MR) is 140 cm³/mol. The van der Waals surface area contributed by atoms with Gasteiger partial charge in [-0.05, 0) is 86.2 Å². The highest BCUT2D eigenvalue weighted by Crippen LogP contribution is 2.44. The minimum atomic E-state index is -0.298. The number of halogens is 3. The van der Waals surface area contributed by atoms with Crippen LogP contribution in [0.1, 0.15) is 34.7 Å². The Bertz CT molecular complexity index is 1370. The van der Waals surface area contributed by atoms with Crippen molar-refractivity contribution in [3.05, 3.63) is 111 Å². The molecule has 0 amide bonds. The van der Waals surface area contributed by atoms with Gasteiger partial charge in [-0.1, -0.05) is 35.3 Å². The average Bonchev–Trinajstić information content (AvgIpc) is 3.32. The fraction of sp³-hybridized carbons (Fsp3) is 0.154. The predicted octanol–water partition coefficient (Wildman–Crippen LogP) is 7.11. The fourth-order valence-corrected chi connectivity index (χ4v) is 5.40. The van der Waals surface area contributed by atoms with Crippen molar-refractivity contribution in [1.82, 2.24) is 14.9 Å². The highest BCUT2D eigenvalue weighted by Gasteiger charge is 2.42. The Balaban J connectivity index is 1.70. The zero-order valence-corrected chi connectivity index (χ0v) is 20.8. The van der Waals surface area contributed by atoms with Gasteiger partial charge in [0, 0.05) is 23.3 Å². The van der Waals surface area contributed by atoms with Gasteiger partial charge in [-0.2, -0.15) is 0 Å². The Morgan fingerprint density at radius 2 is 1.76 bits per heavy atom. The Kier molecular flexibility index (Phi) is 6.06. The van der Waals surface area contributed by atoms with Crippen LogP contribution in [0.15, 0.2) is 72.9 Å². The van der Waals surface area contributed by atoms with Gasteiger partial charge in [0.1, 0.15) is 5.82 Å². The zero-order chi connectivity index (χ0) is 24.0. The third-order valence-electron chi connectivity index (χ3n) is 6.16. The molecule has 0 bridgehead atoms. The third kappa shape index (κ3) is 3.86. The van der Waals surface area contributed by atoms with Crippen molar-refractivity contribution >= 4 is 46.2 Å². The maximum Gasteiger partial charge on any atom is 0.174 e. The van der Waals surface area contributed by atoms with E-state index in [2.05, 4.69) is 27.9 Å². The molecule has 2 aromatic carbocycles. The van der Waals surface area contributed by atoms with E-state index in [1.54, 1.807) is 24.4 Å². The molecule has 4 nitrogen and oxygen atoms in total. The summed E-state index contributed by atoms with van der Waals surface area (Å²) >= 11 is 18.7. The summed E-state index contributed by atoms with van der Waals surface area (Å²) in [6.45, 7) is 4.09. The summed E-state index contributed by atoms with van der Waals surface area (Å²) < 4.78 is 15.8. The van der Waals surface area contributed by atoms with Gasteiger partial charge in [0.25, 0.3) is 0 Å². The molecule has 0 saturated carbocycles. The van der Waals surface area contributed by atoms with Gasteiger partial charge >= 0.3 is 0 Å². The smallest absolute Gasteiger partial charge is 0.174 e. The summed E-state index contributed by atoms with van der Waals surface area (Å²) in [5.74, 6) is -0.298.